The summed E-state index contributed by atoms with van der Waals surface area (Å²) in [6, 6.07) is 14.3. The topological polar surface area (TPSA) is 30.5 Å². The van der Waals surface area contributed by atoms with Crippen LogP contribution in [-0.2, 0) is 0 Å². The highest BCUT2D eigenvalue weighted by Crippen LogP contribution is 2.42. The Labute approximate surface area is 120 Å². The second-order valence-electron chi connectivity index (χ2n) is 4.65. The van der Waals surface area contributed by atoms with Crippen LogP contribution < -0.4 is 14.8 Å². The molecule has 108 valence electrons. The lowest BCUT2D eigenvalue weighted by Crippen LogP contribution is -2.25. The molecule has 2 aromatic rings. The molecule has 1 heterocycles. The summed E-state index contributed by atoms with van der Waals surface area (Å²) in [7, 11) is 0. The number of rotatable bonds is 4. The summed E-state index contributed by atoms with van der Waals surface area (Å²) >= 11 is 0. The van der Waals surface area contributed by atoms with Crippen LogP contribution in [0.1, 0.15) is 5.56 Å². The standard InChI is InChI=1S/C16H13F2NO2/c1-11(12-5-3-2-4-6-12)10-19-13-7-8-14-15(9-13)21-16(17,18)20-14/h2-9,19H,1,10H2. The molecule has 5 heteroatoms. The van der Waals surface area contributed by atoms with Crippen molar-refractivity contribution in [3.05, 3.63) is 60.7 Å². The first-order valence-electron chi connectivity index (χ1n) is 6.40. The minimum Gasteiger partial charge on any atom is -0.395 e. The number of ether oxygens (including phenoxy) is 2. The third kappa shape index (κ3) is 2.97. The van der Waals surface area contributed by atoms with Gasteiger partial charge in [-0.1, -0.05) is 36.9 Å². The van der Waals surface area contributed by atoms with Crippen LogP contribution in [0.15, 0.2) is 55.1 Å². The number of fused-ring (bicyclic) bond motifs is 1. The number of benzene rings is 2. The van der Waals surface area contributed by atoms with Crippen LogP contribution in [0.5, 0.6) is 11.5 Å². The summed E-state index contributed by atoms with van der Waals surface area (Å²) in [5, 5.41) is 3.12. The van der Waals surface area contributed by atoms with Gasteiger partial charge in [0.2, 0.25) is 0 Å². The first-order valence-corrected chi connectivity index (χ1v) is 6.40. The highest BCUT2D eigenvalue weighted by atomic mass is 19.3. The quantitative estimate of drug-likeness (QED) is 0.918. The van der Waals surface area contributed by atoms with E-state index in [0.717, 1.165) is 11.1 Å². The van der Waals surface area contributed by atoms with Crippen molar-refractivity contribution in [1.82, 2.24) is 0 Å². The van der Waals surface area contributed by atoms with E-state index < -0.39 is 6.29 Å². The summed E-state index contributed by atoms with van der Waals surface area (Å²) in [5.41, 5.74) is 2.59. The Kier molecular flexibility index (Phi) is 3.25. The Hall–Kier alpha value is -2.56. The zero-order valence-corrected chi connectivity index (χ0v) is 11.1. The van der Waals surface area contributed by atoms with Crippen molar-refractivity contribution in [3.63, 3.8) is 0 Å². The number of hydrogen-bond acceptors (Lipinski definition) is 3. The molecule has 0 saturated carbocycles. The molecule has 0 bridgehead atoms. The maximum Gasteiger partial charge on any atom is 0.586 e. The van der Waals surface area contributed by atoms with Crippen molar-refractivity contribution in [3.8, 4) is 11.5 Å². The lowest BCUT2D eigenvalue weighted by Gasteiger charge is -2.09. The largest absolute Gasteiger partial charge is 0.586 e. The molecule has 21 heavy (non-hydrogen) atoms. The molecule has 0 unspecified atom stereocenters. The Balaban J connectivity index is 1.66. The third-order valence-electron chi connectivity index (χ3n) is 3.09. The van der Waals surface area contributed by atoms with Crippen LogP contribution in [0.4, 0.5) is 14.5 Å². The number of hydrogen-bond donors (Lipinski definition) is 1. The van der Waals surface area contributed by atoms with E-state index in [1.807, 2.05) is 30.3 Å². The molecule has 3 rings (SSSR count). The third-order valence-corrected chi connectivity index (χ3v) is 3.09. The molecule has 3 nitrogen and oxygen atoms in total. The first-order chi connectivity index (χ1) is 10.0. The van der Waals surface area contributed by atoms with Gasteiger partial charge in [0.25, 0.3) is 0 Å². The Morgan fingerprint density at radius 1 is 1.05 bits per heavy atom. The summed E-state index contributed by atoms with van der Waals surface area (Å²) in [5.74, 6) is 0.0581. The van der Waals surface area contributed by atoms with Crippen LogP contribution >= 0.6 is 0 Å². The molecular weight excluding hydrogens is 276 g/mol. The minimum absolute atomic E-state index is 0.0234. The fourth-order valence-electron chi connectivity index (χ4n) is 2.04. The molecule has 0 aliphatic carbocycles. The van der Waals surface area contributed by atoms with E-state index in [0.29, 0.717) is 12.2 Å². The molecule has 0 spiro atoms. The maximum absolute atomic E-state index is 12.9. The number of nitrogens with one attached hydrogen (secondary N) is 1. The van der Waals surface area contributed by atoms with Gasteiger partial charge in [0.1, 0.15) is 0 Å². The summed E-state index contributed by atoms with van der Waals surface area (Å²) in [4.78, 5) is 0. The molecule has 1 N–H and O–H groups in total. The number of halogens is 2. The summed E-state index contributed by atoms with van der Waals surface area (Å²) in [6.45, 7) is 4.50. The predicted octanol–water partition coefficient (Wildman–Crippen LogP) is 4.13. The van der Waals surface area contributed by atoms with Crippen molar-refractivity contribution in [2.24, 2.45) is 0 Å². The highest BCUT2D eigenvalue weighted by Gasteiger charge is 2.43. The van der Waals surface area contributed by atoms with E-state index in [1.54, 1.807) is 6.07 Å². The smallest absolute Gasteiger partial charge is 0.395 e. The molecule has 0 fully saturated rings. The Morgan fingerprint density at radius 2 is 1.76 bits per heavy atom. The Bertz CT molecular complexity index is 671. The van der Waals surface area contributed by atoms with Crippen molar-refractivity contribution < 1.29 is 18.3 Å². The summed E-state index contributed by atoms with van der Waals surface area (Å²) in [6.07, 6.45) is -3.59. The van der Waals surface area contributed by atoms with Crippen LogP contribution in [0.25, 0.3) is 5.57 Å². The first kappa shape index (κ1) is 13.4. The van der Waals surface area contributed by atoms with Gasteiger partial charge in [-0.05, 0) is 23.3 Å². The molecule has 0 amide bonds. The van der Waals surface area contributed by atoms with Gasteiger partial charge in [0.15, 0.2) is 11.5 Å². The molecule has 0 aromatic heterocycles. The van der Waals surface area contributed by atoms with E-state index in [-0.39, 0.29) is 11.5 Å². The van der Waals surface area contributed by atoms with Gasteiger partial charge < -0.3 is 14.8 Å². The minimum atomic E-state index is -3.59. The SMILES string of the molecule is C=C(CNc1ccc2c(c1)OC(F)(F)O2)c1ccccc1. The molecule has 0 radical (unpaired) electrons. The van der Waals surface area contributed by atoms with E-state index in [2.05, 4.69) is 21.4 Å². The van der Waals surface area contributed by atoms with Gasteiger partial charge in [-0.25, -0.2) is 0 Å². The second-order valence-corrected chi connectivity index (χ2v) is 4.65. The van der Waals surface area contributed by atoms with Crippen molar-refractivity contribution in [2.45, 2.75) is 6.29 Å². The monoisotopic (exact) mass is 289 g/mol. The van der Waals surface area contributed by atoms with Gasteiger partial charge in [0.05, 0.1) is 0 Å². The molecule has 0 saturated heterocycles. The number of anilines is 1. The molecule has 1 aliphatic heterocycles. The van der Waals surface area contributed by atoms with Crippen molar-refractivity contribution in [1.29, 1.82) is 0 Å². The van der Waals surface area contributed by atoms with Crippen molar-refractivity contribution in [2.75, 3.05) is 11.9 Å². The zero-order chi connectivity index (χ0) is 14.9. The fourth-order valence-corrected chi connectivity index (χ4v) is 2.04. The van der Waals surface area contributed by atoms with Gasteiger partial charge in [-0.2, -0.15) is 0 Å². The maximum atomic E-state index is 12.9. The van der Waals surface area contributed by atoms with Gasteiger partial charge >= 0.3 is 6.29 Å². The van der Waals surface area contributed by atoms with Crippen LogP contribution in [-0.4, -0.2) is 12.8 Å². The predicted molar refractivity (Wildman–Crippen MR) is 76.6 cm³/mol. The van der Waals surface area contributed by atoms with E-state index in [4.69, 9.17) is 0 Å². The molecule has 2 aromatic carbocycles. The van der Waals surface area contributed by atoms with Gasteiger partial charge in [-0.3, -0.25) is 0 Å². The molecule has 1 aliphatic rings. The van der Waals surface area contributed by atoms with Crippen molar-refractivity contribution >= 4 is 11.3 Å². The van der Waals surface area contributed by atoms with E-state index in [1.165, 1.54) is 12.1 Å². The van der Waals surface area contributed by atoms with E-state index >= 15 is 0 Å². The highest BCUT2D eigenvalue weighted by molar-refractivity contribution is 5.68. The van der Waals surface area contributed by atoms with Gasteiger partial charge in [0, 0.05) is 18.3 Å². The summed E-state index contributed by atoms with van der Waals surface area (Å²) < 4.78 is 34.6. The van der Waals surface area contributed by atoms with Crippen LogP contribution in [0, 0.1) is 0 Å². The number of alkyl halides is 2. The molecular formula is C16H13F2NO2. The van der Waals surface area contributed by atoms with Gasteiger partial charge in [-0.15, -0.1) is 8.78 Å². The molecule has 0 atom stereocenters. The zero-order valence-electron chi connectivity index (χ0n) is 11.1. The Morgan fingerprint density at radius 3 is 2.52 bits per heavy atom. The average molecular weight is 289 g/mol. The normalized spacial score (nSPS) is 14.8. The van der Waals surface area contributed by atoms with E-state index in [9.17, 15) is 8.78 Å². The second kappa shape index (κ2) is 5.09. The fraction of sp³-hybridized carbons (Fsp3) is 0.125. The van der Waals surface area contributed by atoms with Crippen LogP contribution in [0.3, 0.4) is 0 Å². The average Bonchev–Trinajstić information content (AvgIpc) is 2.78. The lowest BCUT2D eigenvalue weighted by atomic mass is 10.1. The lowest BCUT2D eigenvalue weighted by molar-refractivity contribution is -0.286. The van der Waals surface area contributed by atoms with Crippen LogP contribution in [0.2, 0.25) is 0 Å².